The van der Waals surface area contributed by atoms with Gasteiger partial charge in [-0.05, 0) is 12.0 Å². The van der Waals surface area contributed by atoms with Crippen LogP contribution in [-0.4, -0.2) is 30.6 Å². The van der Waals surface area contributed by atoms with E-state index in [9.17, 15) is 0 Å². The minimum Gasteiger partial charge on any atom is -0.489 e. The van der Waals surface area contributed by atoms with Crippen molar-refractivity contribution in [3.05, 3.63) is 42.5 Å². The normalized spacial score (nSPS) is 22.8. The highest BCUT2D eigenvalue weighted by Crippen LogP contribution is 2.23. The van der Waals surface area contributed by atoms with Crippen LogP contribution < -0.4 is 10.5 Å². The standard InChI is InChI=1S/C15H22N2O.ClH/c1-3-8-18-15-7-5-4-6-13(15)10-17-9-12(2)14(16)11-17;/h3-7,12,14H,1,8-11,16H2,2H3;1H. The Balaban J connectivity index is 0.00000180. The number of ether oxygens (including phenoxy) is 1. The Morgan fingerprint density at radius 1 is 1.42 bits per heavy atom. The molecule has 0 aromatic heterocycles. The quantitative estimate of drug-likeness (QED) is 0.843. The largest absolute Gasteiger partial charge is 0.489 e. The van der Waals surface area contributed by atoms with Crippen molar-refractivity contribution in [2.24, 2.45) is 11.7 Å². The highest BCUT2D eigenvalue weighted by molar-refractivity contribution is 5.85. The zero-order valence-electron chi connectivity index (χ0n) is 11.4. The van der Waals surface area contributed by atoms with Gasteiger partial charge in [0.2, 0.25) is 0 Å². The monoisotopic (exact) mass is 282 g/mol. The summed E-state index contributed by atoms with van der Waals surface area (Å²) < 4.78 is 5.67. The van der Waals surface area contributed by atoms with E-state index in [0.717, 1.165) is 25.4 Å². The van der Waals surface area contributed by atoms with Gasteiger partial charge in [-0.15, -0.1) is 12.4 Å². The van der Waals surface area contributed by atoms with Gasteiger partial charge in [-0.1, -0.05) is 37.8 Å². The van der Waals surface area contributed by atoms with E-state index >= 15 is 0 Å². The highest BCUT2D eigenvalue weighted by atomic mass is 35.5. The van der Waals surface area contributed by atoms with Crippen LogP contribution >= 0.6 is 12.4 Å². The van der Waals surface area contributed by atoms with E-state index in [-0.39, 0.29) is 12.4 Å². The summed E-state index contributed by atoms with van der Waals surface area (Å²) in [6.07, 6.45) is 1.77. The van der Waals surface area contributed by atoms with Crippen LogP contribution in [0.5, 0.6) is 5.75 Å². The Morgan fingerprint density at radius 3 is 2.79 bits per heavy atom. The molecule has 0 bridgehead atoms. The Kier molecular flexibility index (Phi) is 6.35. The molecule has 2 N–H and O–H groups in total. The molecule has 4 heteroatoms. The molecule has 3 nitrogen and oxygen atoms in total. The third kappa shape index (κ3) is 4.23. The number of hydrogen-bond donors (Lipinski definition) is 1. The van der Waals surface area contributed by atoms with Gasteiger partial charge in [0.05, 0.1) is 0 Å². The Labute approximate surface area is 121 Å². The van der Waals surface area contributed by atoms with Gasteiger partial charge in [-0.25, -0.2) is 0 Å². The van der Waals surface area contributed by atoms with Gasteiger partial charge < -0.3 is 10.5 Å². The third-order valence-electron chi connectivity index (χ3n) is 3.47. The SMILES string of the molecule is C=CCOc1ccccc1CN1CC(C)C(N)C1.Cl. The summed E-state index contributed by atoms with van der Waals surface area (Å²) in [4.78, 5) is 2.39. The van der Waals surface area contributed by atoms with Crippen LogP contribution in [0.4, 0.5) is 0 Å². The zero-order valence-corrected chi connectivity index (χ0v) is 12.2. The molecule has 2 unspecified atom stereocenters. The molecule has 0 saturated carbocycles. The first-order chi connectivity index (χ1) is 8.70. The van der Waals surface area contributed by atoms with Crippen LogP contribution in [0.2, 0.25) is 0 Å². The van der Waals surface area contributed by atoms with Gasteiger partial charge in [0.15, 0.2) is 0 Å². The van der Waals surface area contributed by atoms with Crippen molar-refractivity contribution < 1.29 is 4.74 Å². The average Bonchev–Trinajstić information content (AvgIpc) is 2.67. The number of hydrogen-bond acceptors (Lipinski definition) is 3. The van der Waals surface area contributed by atoms with Crippen molar-refractivity contribution >= 4 is 12.4 Å². The van der Waals surface area contributed by atoms with Gasteiger partial charge in [0, 0.05) is 31.2 Å². The van der Waals surface area contributed by atoms with Crippen molar-refractivity contribution in [3.63, 3.8) is 0 Å². The molecule has 0 amide bonds. The summed E-state index contributed by atoms with van der Waals surface area (Å²) in [6, 6.07) is 8.48. The van der Waals surface area contributed by atoms with Crippen LogP contribution in [0, 0.1) is 5.92 Å². The summed E-state index contributed by atoms with van der Waals surface area (Å²) in [5.41, 5.74) is 7.28. The first-order valence-corrected chi connectivity index (χ1v) is 6.50. The maximum atomic E-state index is 6.05. The average molecular weight is 283 g/mol. The molecule has 0 aliphatic carbocycles. The maximum absolute atomic E-state index is 6.05. The fourth-order valence-corrected chi connectivity index (χ4v) is 2.39. The predicted molar refractivity (Wildman–Crippen MR) is 81.8 cm³/mol. The molecule has 106 valence electrons. The van der Waals surface area contributed by atoms with E-state index in [1.54, 1.807) is 6.08 Å². The van der Waals surface area contributed by atoms with Crippen molar-refractivity contribution in [2.75, 3.05) is 19.7 Å². The number of halogens is 1. The van der Waals surface area contributed by atoms with Gasteiger partial charge in [-0.2, -0.15) is 0 Å². The smallest absolute Gasteiger partial charge is 0.124 e. The van der Waals surface area contributed by atoms with Crippen LogP contribution in [0.3, 0.4) is 0 Å². The van der Waals surface area contributed by atoms with Crippen molar-refractivity contribution in [2.45, 2.75) is 19.5 Å². The minimum atomic E-state index is 0. The van der Waals surface area contributed by atoms with Gasteiger partial charge in [0.1, 0.15) is 12.4 Å². The molecule has 1 aliphatic heterocycles. The van der Waals surface area contributed by atoms with E-state index in [0.29, 0.717) is 18.6 Å². The number of rotatable bonds is 5. The van der Waals surface area contributed by atoms with Crippen LogP contribution in [-0.2, 0) is 6.54 Å². The second kappa shape index (κ2) is 7.53. The summed E-state index contributed by atoms with van der Waals surface area (Å²) >= 11 is 0. The topological polar surface area (TPSA) is 38.5 Å². The van der Waals surface area contributed by atoms with Crippen LogP contribution in [0.15, 0.2) is 36.9 Å². The Bertz CT molecular complexity index is 401. The molecule has 2 atom stereocenters. The number of likely N-dealkylation sites (tertiary alicyclic amines) is 1. The molecule has 2 rings (SSSR count). The lowest BCUT2D eigenvalue weighted by Gasteiger charge is -2.17. The molecule has 19 heavy (non-hydrogen) atoms. The van der Waals surface area contributed by atoms with E-state index < -0.39 is 0 Å². The van der Waals surface area contributed by atoms with Gasteiger partial charge >= 0.3 is 0 Å². The lowest BCUT2D eigenvalue weighted by Crippen LogP contribution is -2.28. The first-order valence-electron chi connectivity index (χ1n) is 6.50. The van der Waals surface area contributed by atoms with Gasteiger partial charge in [-0.3, -0.25) is 4.90 Å². The van der Waals surface area contributed by atoms with E-state index in [1.807, 2.05) is 12.1 Å². The number of nitrogens with two attached hydrogens (primary N) is 1. The highest BCUT2D eigenvalue weighted by Gasteiger charge is 2.26. The number of para-hydroxylation sites is 1. The Morgan fingerprint density at radius 2 is 2.16 bits per heavy atom. The fourth-order valence-electron chi connectivity index (χ4n) is 2.39. The summed E-state index contributed by atoms with van der Waals surface area (Å²) in [7, 11) is 0. The van der Waals surface area contributed by atoms with Crippen LogP contribution in [0.1, 0.15) is 12.5 Å². The zero-order chi connectivity index (χ0) is 13.0. The molecular formula is C15H23ClN2O. The third-order valence-corrected chi connectivity index (χ3v) is 3.47. The molecule has 1 aromatic rings. The van der Waals surface area contributed by atoms with Crippen molar-refractivity contribution in [1.29, 1.82) is 0 Å². The molecule has 1 heterocycles. The molecule has 1 saturated heterocycles. The molecule has 1 fully saturated rings. The van der Waals surface area contributed by atoms with Crippen molar-refractivity contribution in [1.82, 2.24) is 4.90 Å². The number of benzene rings is 1. The number of nitrogens with zero attached hydrogens (tertiary/aromatic N) is 1. The van der Waals surface area contributed by atoms with Crippen molar-refractivity contribution in [3.8, 4) is 5.75 Å². The van der Waals surface area contributed by atoms with E-state index in [4.69, 9.17) is 10.5 Å². The summed E-state index contributed by atoms with van der Waals surface area (Å²) in [5.74, 6) is 1.52. The Hall–Kier alpha value is -1.03. The first kappa shape index (κ1) is 16.0. The molecule has 1 aliphatic rings. The minimum absolute atomic E-state index is 0. The second-order valence-corrected chi connectivity index (χ2v) is 5.04. The van der Waals surface area contributed by atoms with Gasteiger partial charge in [0.25, 0.3) is 0 Å². The molecular weight excluding hydrogens is 260 g/mol. The molecule has 0 spiro atoms. The molecule has 0 radical (unpaired) electrons. The predicted octanol–water partition coefficient (Wildman–Crippen LogP) is 2.45. The maximum Gasteiger partial charge on any atom is 0.124 e. The summed E-state index contributed by atoms with van der Waals surface area (Å²) in [6.45, 7) is 9.38. The molecule has 1 aromatic carbocycles. The summed E-state index contributed by atoms with van der Waals surface area (Å²) in [5, 5.41) is 0. The second-order valence-electron chi connectivity index (χ2n) is 5.04. The lowest BCUT2D eigenvalue weighted by molar-refractivity contribution is 0.303. The van der Waals surface area contributed by atoms with E-state index in [2.05, 4.69) is 30.5 Å². The lowest BCUT2D eigenvalue weighted by atomic mass is 10.1. The van der Waals surface area contributed by atoms with Crippen LogP contribution in [0.25, 0.3) is 0 Å². The fraction of sp³-hybridized carbons (Fsp3) is 0.467. The van der Waals surface area contributed by atoms with E-state index in [1.165, 1.54) is 5.56 Å².